The number of rotatable bonds is 6. The van der Waals surface area contributed by atoms with E-state index >= 15 is 0 Å². The lowest BCUT2D eigenvalue weighted by Gasteiger charge is -2.06. The molecule has 0 atom stereocenters. The van der Waals surface area contributed by atoms with Crippen molar-refractivity contribution in [3.63, 3.8) is 0 Å². The number of carbonyl (C=O) groups is 1. The lowest BCUT2D eigenvalue weighted by atomic mass is 10.1. The van der Waals surface area contributed by atoms with Crippen LogP contribution in [0.15, 0.2) is 30.7 Å². The molecule has 0 aliphatic heterocycles. The van der Waals surface area contributed by atoms with Crippen LogP contribution >= 0.6 is 0 Å². The molecule has 0 aliphatic rings. The Morgan fingerprint density at radius 1 is 1.48 bits per heavy atom. The molecule has 6 heteroatoms. The molecule has 0 bridgehead atoms. The van der Waals surface area contributed by atoms with Crippen LogP contribution in [-0.2, 0) is 13.0 Å². The number of hydrogen-bond donors (Lipinski definition) is 2. The maximum atomic E-state index is 13.0. The minimum absolute atomic E-state index is 0.217. The molecule has 3 N–H and O–H groups in total. The van der Waals surface area contributed by atoms with Gasteiger partial charge in [0, 0.05) is 25.8 Å². The van der Waals surface area contributed by atoms with Crippen LogP contribution in [0.4, 0.5) is 4.39 Å². The Kier molecular flexibility index (Phi) is 5.05. The first-order valence-corrected chi connectivity index (χ1v) is 6.85. The van der Waals surface area contributed by atoms with Crippen LogP contribution in [0.25, 0.3) is 0 Å². The predicted octanol–water partition coefficient (Wildman–Crippen LogP) is 1.26. The van der Waals surface area contributed by atoms with E-state index in [-0.39, 0.29) is 11.7 Å². The number of amides is 1. The minimum atomic E-state index is -0.245. The number of nitrogens with zero attached hydrogens (tertiary/aromatic N) is 2. The topological polar surface area (TPSA) is 72.9 Å². The van der Waals surface area contributed by atoms with Crippen LogP contribution in [0.5, 0.6) is 0 Å². The van der Waals surface area contributed by atoms with Gasteiger partial charge in [-0.3, -0.25) is 4.79 Å². The molecule has 2 aromatic rings. The zero-order valence-corrected chi connectivity index (χ0v) is 12.0. The van der Waals surface area contributed by atoms with Crippen molar-refractivity contribution in [1.29, 1.82) is 0 Å². The Hall–Kier alpha value is -2.21. The SMILES string of the molecule is Cc1cc(F)ccc1CCNC(=O)c1cn(CCN)cn1. The molecule has 21 heavy (non-hydrogen) atoms. The quantitative estimate of drug-likeness (QED) is 0.841. The van der Waals surface area contributed by atoms with Gasteiger partial charge in [-0.15, -0.1) is 0 Å². The van der Waals surface area contributed by atoms with E-state index in [1.807, 2.05) is 6.92 Å². The number of halogens is 1. The second-order valence-electron chi connectivity index (χ2n) is 4.86. The lowest BCUT2D eigenvalue weighted by Crippen LogP contribution is -2.26. The normalized spacial score (nSPS) is 10.6. The van der Waals surface area contributed by atoms with Gasteiger partial charge < -0.3 is 15.6 Å². The van der Waals surface area contributed by atoms with Crippen molar-refractivity contribution >= 4 is 5.91 Å². The average molecular weight is 290 g/mol. The third-order valence-electron chi connectivity index (χ3n) is 3.24. The summed E-state index contributed by atoms with van der Waals surface area (Å²) in [6.07, 6.45) is 3.92. The summed E-state index contributed by atoms with van der Waals surface area (Å²) in [4.78, 5) is 15.9. The Morgan fingerprint density at radius 3 is 3.00 bits per heavy atom. The number of imidazole rings is 1. The van der Waals surface area contributed by atoms with Gasteiger partial charge in [-0.25, -0.2) is 9.37 Å². The van der Waals surface area contributed by atoms with Crippen LogP contribution in [0.1, 0.15) is 21.6 Å². The van der Waals surface area contributed by atoms with Gasteiger partial charge in [-0.2, -0.15) is 0 Å². The number of nitrogens with one attached hydrogen (secondary N) is 1. The van der Waals surface area contributed by atoms with Crippen molar-refractivity contribution in [2.75, 3.05) is 13.1 Å². The molecule has 0 saturated heterocycles. The van der Waals surface area contributed by atoms with E-state index in [2.05, 4.69) is 10.3 Å². The molecular weight excluding hydrogens is 271 g/mol. The molecule has 1 heterocycles. The van der Waals surface area contributed by atoms with Crippen molar-refractivity contribution in [1.82, 2.24) is 14.9 Å². The van der Waals surface area contributed by atoms with E-state index in [1.54, 1.807) is 23.2 Å². The van der Waals surface area contributed by atoms with Gasteiger partial charge in [0.25, 0.3) is 5.91 Å². The van der Waals surface area contributed by atoms with Gasteiger partial charge in [-0.1, -0.05) is 6.07 Å². The van der Waals surface area contributed by atoms with Crippen LogP contribution in [-0.4, -0.2) is 28.5 Å². The first kappa shape index (κ1) is 15.2. The fourth-order valence-electron chi connectivity index (χ4n) is 2.09. The maximum absolute atomic E-state index is 13.0. The zero-order valence-electron chi connectivity index (χ0n) is 12.0. The first-order chi connectivity index (χ1) is 10.1. The number of benzene rings is 1. The molecule has 0 radical (unpaired) electrons. The molecule has 112 valence electrons. The van der Waals surface area contributed by atoms with Crippen molar-refractivity contribution in [2.45, 2.75) is 19.9 Å². The van der Waals surface area contributed by atoms with E-state index in [1.165, 1.54) is 12.1 Å². The van der Waals surface area contributed by atoms with Crippen molar-refractivity contribution in [3.05, 3.63) is 53.4 Å². The van der Waals surface area contributed by atoms with E-state index in [4.69, 9.17) is 5.73 Å². The van der Waals surface area contributed by atoms with Crippen LogP contribution in [0.2, 0.25) is 0 Å². The van der Waals surface area contributed by atoms with Gasteiger partial charge in [0.05, 0.1) is 6.33 Å². The Morgan fingerprint density at radius 2 is 2.29 bits per heavy atom. The maximum Gasteiger partial charge on any atom is 0.271 e. The highest BCUT2D eigenvalue weighted by molar-refractivity contribution is 5.91. The number of aromatic nitrogens is 2. The molecule has 1 aromatic carbocycles. The van der Waals surface area contributed by atoms with Gasteiger partial charge in [0.15, 0.2) is 0 Å². The summed E-state index contributed by atoms with van der Waals surface area (Å²) in [5.41, 5.74) is 7.72. The summed E-state index contributed by atoms with van der Waals surface area (Å²) in [5.74, 6) is -0.462. The molecule has 1 amide bonds. The first-order valence-electron chi connectivity index (χ1n) is 6.85. The second-order valence-corrected chi connectivity index (χ2v) is 4.86. The van der Waals surface area contributed by atoms with Crippen LogP contribution in [0.3, 0.4) is 0 Å². The van der Waals surface area contributed by atoms with Crippen molar-refractivity contribution in [3.8, 4) is 0 Å². The summed E-state index contributed by atoms with van der Waals surface area (Å²) < 4.78 is 14.8. The molecule has 0 spiro atoms. The highest BCUT2D eigenvalue weighted by Gasteiger charge is 2.09. The smallest absolute Gasteiger partial charge is 0.271 e. The Balaban J connectivity index is 1.86. The molecule has 5 nitrogen and oxygen atoms in total. The fourth-order valence-corrected chi connectivity index (χ4v) is 2.09. The highest BCUT2D eigenvalue weighted by Crippen LogP contribution is 2.10. The summed E-state index contributed by atoms with van der Waals surface area (Å²) in [6.45, 7) is 3.47. The van der Waals surface area contributed by atoms with Gasteiger partial charge in [0.2, 0.25) is 0 Å². The summed E-state index contributed by atoms with van der Waals surface area (Å²) in [5, 5.41) is 2.80. The molecule has 0 aliphatic carbocycles. The number of nitrogens with two attached hydrogens (primary N) is 1. The van der Waals surface area contributed by atoms with Crippen LogP contribution in [0, 0.1) is 12.7 Å². The monoisotopic (exact) mass is 290 g/mol. The molecule has 0 unspecified atom stereocenters. The fraction of sp³-hybridized carbons (Fsp3) is 0.333. The minimum Gasteiger partial charge on any atom is -0.350 e. The third-order valence-corrected chi connectivity index (χ3v) is 3.24. The number of carbonyl (C=O) groups excluding carboxylic acids is 1. The molecular formula is C15H19FN4O. The number of aryl methyl sites for hydroxylation is 1. The number of hydrogen-bond acceptors (Lipinski definition) is 3. The standard InChI is InChI=1S/C15H19FN4O/c1-11-8-13(16)3-2-12(11)4-6-18-15(21)14-9-20(7-5-17)10-19-14/h2-3,8-10H,4-7,17H2,1H3,(H,18,21). The second kappa shape index (κ2) is 6.99. The van der Waals surface area contributed by atoms with E-state index in [9.17, 15) is 9.18 Å². The predicted molar refractivity (Wildman–Crippen MR) is 78.5 cm³/mol. The van der Waals surface area contributed by atoms with E-state index in [0.29, 0.717) is 31.7 Å². The molecule has 0 saturated carbocycles. The zero-order chi connectivity index (χ0) is 15.2. The average Bonchev–Trinajstić information content (AvgIpc) is 2.90. The van der Waals surface area contributed by atoms with Gasteiger partial charge in [-0.05, 0) is 36.6 Å². The third kappa shape index (κ3) is 4.13. The summed E-state index contributed by atoms with van der Waals surface area (Å²) >= 11 is 0. The Bertz CT molecular complexity index is 624. The van der Waals surface area contributed by atoms with Crippen LogP contribution < -0.4 is 11.1 Å². The van der Waals surface area contributed by atoms with Gasteiger partial charge >= 0.3 is 0 Å². The van der Waals surface area contributed by atoms with E-state index < -0.39 is 0 Å². The van der Waals surface area contributed by atoms with Crippen molar-refractivity contribution < 1.29 is 9.18 Å². The summed E-state index contributed by atoms with van der Waals surface area (Å²) in [6, 6.07) is 4.66. The molecule has 1 aromatic heterocycles. The largest absolute Gasteiger partial charge is 0.350 e. The van der Waals surface area contributed by atoms with Crippen molar-refractivity contribution in [2.24, 2.45) is 5.73 Å². The highest BCUT2D eigenvalue weighted by atomic mass is 19.1. The lowest BCUT2D eigenvalue weighted by molar-refractivity contribution is 0.0949. The molecule has 0 fully saturated rings. The Labute approximate surface area is 123 Å². The molecule has 2 rings (SSSR count). The van der Waals surface area contributed by atoms with E-state index in [0.717, 1.165) is 11.1 Å². The van der Waals surface area contributed by atoms with Gasteiger partial charge in [0.1, 0.15) is 11.5 Å². The summed E-state index contributed by atoms with van der Waals surface area (Å²) in [7, 11) is 0.